The number of hydrogen-bond donors (Lipinski definition) is 1. The normalized spacial score (nSPS) is 11.3. The maximum absolute atomic E-state index is 12.1. The highest BCUT2D eigenvalue weighted by Crippen LogP contribution is 2.24. The van der Waals surface area contributed by atoms with E-state index in [4.69, 9.17) is 4.52 Å². The van der Waals surface area contributed by atoms with Crippen molar-refractivity contribution in [2.45, 2.75) is 11.8 Å². The number of carbonyl (C=O) groups is 1. The standard InChI is InChI=1S/C10H10N2O5S2/c1-6-5-8(11-17-6)12-19(14,15)7-3-4-18-9(7)10(13)16-2/h3-5H,1-2H3,(H,11,12). The molecular formula is C10H10N2O5S2. The summed E-state index contributed by atoms with van der Waals surface area (Å²) < 4.78 is 35.8. The van der Waals surface area contributed by atoms with Crippen molar-refractivity contribution in [1.29, 1.82) is 0 Å². The monoisotopic (exact) mass is 302 g/mol. The van der Waals surface area contributed by atoms with Crippen LogP contribution >= 0.6 is 11.3 Å². The smallest absolute Gasteiger partial charge is 0.349 e. The molecule has 0 radical (unpaired) electrons. The number of carbonyl (C=O) groups excluding carboxylic acids is 1. The molecule has 2 rings (SSSR count). The van der Waals surface area contributed by atoms with Crippen molar-refractivity contribution in [3.63, 3.8) is 0 Å². The molecule has 0 amide bonds. The number of nitrogens with zero attached hydrogens (tertiary/aromatic N) is 1. The highest BCUT2D eigenvalue weighted by molar-refractivity contribution is 7.93. The Balaban J connectivity index is 2.35. The predicted octanol–water partition coefficient (Wildman–Crippen LogP) is 1.63. The molecule has 0 atom stereocenters. The Labute approximate surface area is 113 Å². The Hall–Kier alpha value is -1.87. The Morgan fingerprint density at radius 2 is 2.26 bits per heavy atom. The van der Waals surface area contributed by atoms with Crippen molar-refractivity contribution in [3.05, 3.63) is 28.2 Å². The van der Waals surface area contributed by atoms with E-state index < -0.39 is 16.0 Å². The molecule has 2 heterocycles. The first-order chi connectivity index (χ1) is 8.94. The molecule has 102 valence electrons. The first-order valence-corrected chi connectivity index (χ1v) is 7.42. The van der Waals surface area contributed by atoms with Gasteiger partial charge in [-0.05, 0) is 18.4 Å². The molecule has 0 aliphatic rings. The average molecular weight is 302 g/mol. The van der Waals surface area contributed by atoms with Crippen LogP contribution in [0.25, 0.3) is 0 Å². The number of ether oxygens (including phenoxy) is 1. The fraction of sp³-hybridized carbons (Fsp3) is 0.200. The second kappa shape index (κ2) is 5.02. The molecule has 2 aromatic heterocycles. The van der Waals surface area contributed by atoms with Gasteiger partial charge in [-0.1, -0.05) is 5.16 Å². The lowest BCUT2D eigenvalue weighted by atomic mass is 10.5. The summed E-state index contributed by atoms with van der Waals surface area (Å²) in [6.45, 7) is 1.63. The Kier molecular flexibility index (Phi) is 3.58. The first kappa shape index (κ1) is 13.6. The SMILES string of the molecule is COC(=O)c1sccc1S(=O)(=O)Nc1cc(C)on1. The summed E-state index contributed by atoms with van der Waals surface area (Å²) in [6.07, 6.45) is 0. The second-order valence-corrected chi connectivity index (χ2v) is 6.10. The summed E-state index contributed by atoms with van der Waals surface area (Å²) in [5.41, 5.74) is 0. The van der Waals surface area contributed by atoms with Crippen LogP contribution in [0, 0.1) is 6.92 Å². The van der Waals surface area contributed by atoms with Gasteiger partial charge in [-0.15, -0.1) is 11.3 Å². The lowest BCUT2D eigenvalue weighted by Crippen LogP contribution is -2.15. The van der Waals surface area contributed by atoms with Crippen LogP contribution in [0.15, 0.2) is 26.9 Å². The van der Waals surface area contributed by atoms with Crippen LogP contribution in [-0.4, -0.2) is 26.7 Å². The van der Waals surface area contributed by atoms with Crippen LogP contribution in [-0.2, 0) is 14.8 Å². The maximum Gasteiger partial charge on any atom is 0.349 e. The number of nitrogens with one attached hydrogen (secondary N) is 1. The number of esters is 1. The van der Waals surface area contributed by atoms with Crippen LogP contribution in [0.2, 0.25) is 0 Å². The molecule has 7 nitrogen and oxygen atoms in total. The number of rotatable bonds is 4. The molecule has 0 saturated carbocycles. The van der Waals surface area contributed by atoms with E-state index >= 15 is 0 Å². The van der Waals surface area contributed by atoms with E-state index in [-0.39, 0.29) is 15.6 Å². The highest BCUT2D eigenvalue weighted by atomic mass is 32.2. The molecule has 0 spiro atoms. The van der Waals surface area contributed by atoms with E-state index in [1.807, 2.05) is 0 Å². The Morgan fingerprint density at radius 3 is 2.84 bits per heavy atom. The fourth-order valence-electron chi connectivity index (χ4n) is 1.36. The average Bonchev–Trinajstić information content (AvgIpc) is 2.97. The zero-order valence-corrected chi connectivity index (χ0v) is 11.7. The van der Waals surface area contributed by atoms with Crippen LogP contribution < -0.4 is 4.72 Å². The van der Waals surface area contributed by atoms with Gasteiger partial charge in [-0.25, -0.2) is 13.2 Å². The van der Waals surface area contributed by atoms with Gasteiger partial charge in [-0.2, -0.15) is 0 Å². The van der Waals surface area contributed by atoms with Crippen molar-refractivity contribution in [3.8, 4) is 0 Å². The van der Waals surface area contributed by atoms with E-state index in [1.165, 1.54) is 24.6 Å². The van der Waals surface area contributed by atoms with Gasteiger partial charge < -0.3 is 9.26 Å². The lowest BCUT2D eigenvalue weighted by Gasteiger charge is -2.04. The maximum atomic E-state index is 12.1. The van der Waals surface area contributed by atoms with Crippen molar-refractivity contribution < 1.29 is 22.5 Å². The summed E-state index contributed by atoms with van der Waals surface area (Å²) in [5, 5.41) is 5.02. The summed E-state index contributed by atoms with van der Waals surface area (Å²) in [6, 6.07) is 2.76. The van der Waals surface area contributed by atoms with E-state index in [0.717, 1.165) is 11.3 Å². The lowest BCUT2D eigenvalue weighted by molar-refractivity contribution is 0.0602. The van der Waals surface area contributed by atoms with Crippen LogP contribution in [0.3, 0.4) is 0 Å². The topological polar surface area (TPSA) is 98.5 Å². The minimum atomic E-state index is -3.91. The minimum absolute atomic E-state index is 0.00946. The van der Waals surface area contributed by atoms with Crippen LogP contribution in [0.1, 0.15) is 15.4 Å². The minimum Gasteiger partial charge on any atom is -0.465 e. The number of aryl methyl sites for hydroxylation is 1. The summed E-state index contributed by atoms with van der Waals surface area (Å²) in [5.74, 6) is -0.178. The number of anilines is 1. The molecular weight excluding hydrogens is 292 g/mol. The number of sulfonamides is 1. The van der Waals surface area contributed by atoms with Crippen molar-refractivity contribution in [2.75, 3.05) is 11.8 Å². The summed E-state index contributed by atoms with van der Waals surface area (Å²) in [7, 11) is -2.72. The molecule has 2 aromatic rings. The largest absolute Gasteiger partial charge is 0.465 e. The second-order valence-electron chi connectivity index (χ2n) is 3.53. The zero-order chi connectivity index (χ0) is 14.0. The van der Waals surface area contributed by atoms with Gasteiger partial charge in [-0.3, -0.25) is 4.72 Å². The number of aromatic nitrogens is 1. The van der Waals surface area contributed by atoms with Crippen molar-refractivity contribution >= 4 is 33.1 Å². The van der Waals surface area contributed by atoms with Gasteiger partial charge in [0, 0.05) is 6.07 Å². The van der Waals surface area contributed by atoms with Gasteiger partial charge >= 0.3 is 5.97 Å². The molecule has 0 aliphatic heterocycles. The van der Waals surface area contributed by atoms with Gasteiger partial charge in [0.2, 0.25) is 0 Å². The van der Waals surface area contributed by atoms with Crippen molar-refractivity contribution in [1.82, 2.24) is 5.16 Å². The van der Waals surface area contributed by atoms with Gasteiger partial charge in [0.1, 0.15) is 15.5 Å². The number of hydrogen-bond acceptors (Lipinski definition) is 7. The molecule has 0 aliphatic carbocycles. The van der Waals surface area contributed by atoms with Gasteiger partial charge in [0.25, 0.3) is 10.0 Å². The molecule has 9 heteroatoms. The molecule has 0 saturated heterocycles. The number of thiophene rings is 1. The van der Waals surface area contributed by atoms with E-state index in [1.54, 1.807) is 6.92 Å². The summed E-state index contributed by atoms with van der Waals surface area (Å²) in [4.78, 5) is 11.3. The fourth-order valence-corrected chi connectivity index (χ4v) is 3.68. The molecule has 0 bridgehead atoms. The van der Waals surface area contributed by atoms with E-state index in [9.17, 15) is 13.2 Å². The molecule has 19 heavy (non-hydrogen) atoms. The third-order valence-electron chi connectivity index (χ3n) is 2.16. The first-order valence-electron chi connectivity index (χ1n) is 5.06. The molecule has 0 unspecified atom stereocenters. The van der Waals surface area contributed by atoms with E-state index in [2.05, 4.69) is 14.6 Å². The third-order valence-corrected chi connectivity index (χ3v) is 4.58. The van der Waals surface area contributed by atoms with E-state index in [0.29, 0.717) is 5.76 Å². The van der Waals surface area contributed by atoms with Gasteiger partial charge in [0.05, 0.1) is 7.11 Å². The Morgan fingerprint density at radius 1 is 1.53 bits per heavy atom. The molecule has 1 N–H and O–H groups in total. The van der Waals surface area contributed by atoms with Crippen LogP contribution in [0.4, 0.5) is 5.82 Å². The predicted molar refractivity (Wildman–Crippen MR) is 67.7 cm³/mol. The molecule has 0 aromatic carbocycles. The highest BCUT2D eigenvalue weighted by Gasteiger charge is 2.25. The quantitative estimate of drug-likeness (QED) is 0.862. The summed E-state index contributed by atoms with van der Waals surface area (Å²) >= 11 is 0.987. The third kappa shape index (κ3) is 2.76. The number of methoxy groups -OCH3 is 1. The molecule has 0 fully saturated rings. The van der Waals surface area contributed by atoms with Gasteiger partial charge in [0.15, 0.2) is 5.82 Å². The van der Waals surface area contributed by atoms with Crippen LogP contribution in [0.5, 0.6) is 0 Å². The zero-order valence-electron chi connectivity index (χ0n) is 10.0. The Bertz CT molecular complexity index is 701. The van der Waals surface area contributed by atoms with Crippen molar-refractivity contribution in [2.24, 2.45) is 0 Å².